The zero-order valence-electron chi connectivity index (χ0n) is 9.65. The Balaban J connectivity index is 2.30. The molecule has 0 atom stereocenters. The summed E-state index contributed by atoms with van der Waals surface area (Å²) in [4.78, 5) is 0. The van der Waals surface area contributed by atoms with Gasteiger partial charge in [0.05, 0.1) is 11.4 Å². The lowest BCUT2D eigenvalue weighted by Crippen LogP contribution is -2.05. The molecule has 0 aliphatic rings. The van der Waals surface area contributed by atoms with Crippen LogP contribution < -0.4 is 5.73 Å². The van der Waals surface area contributed by atoms with Crippen LogP contribution in [-0.2, 0) is 6.42 Å². The average molecular weight is 231 g/mol. The molecule has 0 aliphatic carbocycles. The molecule has 3 nitrogen and oxygen atoms in total. The fraction of sp³-hybridized carbons (Fsp3) is 0.231. The fourth-order valence-electron chi connectivity index (χ4n) is 1.60. The Bertz CT molecular complexity index is 509. The van der Waals surface area contributed by atoms with E-state index in [4.69, 9.17) is 5.73 Å². The highest BCUT2D eigenvalue weighted by atomic mass is 19.1. The van der Waals surface area contributed by atoms with Gasteiger partial charge in [-0.1, -0.05) is 0 Å². The molecule has 0 radical (unpaired) electrons. The van der Waals surface area contributed by atoms with Crippen LogP contribution in [0.5, 0.6) is 0 Å². The first-order valence-corrected chi connectivity index (χ1v) is 5.50. The van der Waals surface area contributed by atoms with Crippen molar-refractivity contribution >= 4 is 0 Å². The highest BCUT2D eigenvalue weighted by Gasteiger charge is 2.03. The van der Waals surface area contributed by atoms with Crippen LogP contribution in [0.2, 0.25) is 0 Å². The van der Waals surface area contributed by atoms with E-state index in [1.54, 1.807) is 19.1 Å². The zero-order valence-corrected chi connectivity index (χ0v) is 9.65. The molecule has 2 aromatic rings. The van der Waals surface area contributed by atoms with E-state index in [1.165, 1.54) is 6.07 Å². The molecule has 2 rings (SSSR count). The third-order valence-electron chi connectivity index (χ3n) is 2.57. The summed E-state index contributed by atoms with van der Waals surface area (Å²) in [6, 6.07) is 8.69. The lowest BCUT2D eigenvalue weighted by Gasteiger charge is -2.03. The molecule has 1 aromatic heterocycles. The molecule has 0 bridgehead atoms. The number of nitrogens with zero attached hydrogens (tertiary/aromatic N) is 2. The van der Waals surface area contributed by atoms with E-state index in [9.17, 15) is 4.39 Å². The molecule has 88 valence electrons. The molecule has 0 fully saturated rings. The molecule has 0 amide bonds. The van der Waals surface area contributed by atoms with Crippen molar-refractivity contribution in [3.63, 3.8) is 0 Å². The number of aryl methyl sites for hydroxylation is 1. The fourth-order valence-corrected chi connectivity index (χ4v) is 1.60. The van der Waals surface area contributed by atoms with Crippen molar-refractivity contribution in [2.45, 2.75) is 13.3 Å². The number of nitrogens with two attached hydrogens (primary N) is 1. The van der Waals surface area contributed by atoms with Gasteiger partial charge in [-0.2, -0.15) is 10.2 Å². The topological polar surface area (TPSA) is 51.8 Å². The van der Waals surface area contributed by atoms with Gasteiger partial charge >= 0.3 is 0 Å². The number of halogens is 1. The third-order valence-corrected chi connectivity index (χ3v) is 2.57. The number of aromatic nitrogens is 2. The largest absolute Gasteiger partial charge is 0.330 e. The Morgan fingerprint density at radius 2 is 2.00 bits per heavy atom. The van der Waals surface area contributed by atoms with Crippen LogP contribution in [0.25, 0.3) is 11.3 Å². The van der Waals surface area contributed by atoms with Gasteiger partial charge in [-0.15, -0.1) is 0 Å². The van der Waals surface area contributed by atoms with Crippen molar-refractivity contribution < 1.29 is 4.39 Å². The van der Waals surface area contributed by atoms with E-state index in [1.807, 2.05) is 12.1 Å². The van der Waals surface area contributed by atoms with E-state index in [0.717, 1.165) is 23.4 Å². The van der Waals surface area contributed by atoms with Gasteiger partial charge < -0.3 is 5.73 Å². The number of hydrogen-bond donors (Lipinski definition) is 1. The van der Waals surface area contributed by atoms with Crippen LogP contribution in [0, 0.1) is 12.7 Å². The lowest BCUT2D eigenvalue weighted by atomic mass is 10.1. The zero-order chi connectivity index (χ0) is 12.3. The molecule has 0 spiro atoms. The maximum Gasteiger partial charge on any atom is 0.126 e. The highest BCUT2D eigenvalue weighted by molar-refractivity contribution is 5.59. The molecule has 17 heavy (non-hydrogen) atoms. The molecule has 1 aromatic carbocycles. The van der Waals surface area contributed by atoms with Crippen LogP contribution in [0.1, 0.15) is 11.3 Å². The van der Waals surface area contributed by atoms with E-state index >= 15 is 0 Å². The Morgan fingerprint density at radius 1 is 1.18 bits per heavy atom. The molecule has 4 heteroatoms. The second-order valence-corrected chi connectivity index (χ2v) is 3.91. The van der Waals surface area contributed by atoms with Crippen LogP contribution in [-0.4, -0.2) is 16.7 Å². The first-order chi connectivity index (χ1) is 8.20. The summed E-state index contributed by atoms with van der Waals surface area (Å²) in [6.45, 7) is 2.29. The van der Waals surface area contributed by atoms with Gasteiger partial charge in [0.15, 0.2) is 0 Å². The quantitative estimate of drug-likeness (QED) is 0.880. The predicted octanol–water partition coefficient (Wildman–Crippen LogP) is 2.09. The molecule has 0 aliphatic heterocycles. The Labute approximate surface area is 99.5 Å². The van der Waals surface area contributed by atoms with Gasteiger partial charge in [-0.05, 0) is 49.4 Å². The van der Waals surface area contributed by atoms with E-state index in [2.05, 4.69) is 10.2 Å². The number of benzene rings is 1. The smallest absolute Gasteiger partial charge is 0.126 e. The second kappa shape index (κ2) is 5.01. The van der Waals surface area contributed by atoms with Gasteiger partial charge in [-0.25, -0.2) is 4.39 Å². The minimum atomic E-state index is -0.207. The minimum absolute atomic E-state index is 0.207. The number of rotatable bonds is 3. The standard InChI is InChI=1S/C13H14FN3/c1-9-8-10(2-4-12(9)14)13-5-3-11(6-7-15)16-17-13/h2-5,8H,6-7,15H2,1H3. The van der Waals surface area contributed by atoms with Crippen LogP contribution in [0.15, 0.2) is 30.3 Å². The monoisotopic (exact) mass is 231 g/mol. The Hall–Kier alpha value is -1.81. The van der Waals surface area contributed by atoms with E-state index in [0.29, 0.717) is 12.1 Å². The van der Waals surface area contributed by atoms with Crippen molar-refractivity contribution in [3.8, 4) is 11.3 Å². The van der Waals surface area contributed by atoms with Gasteiger partial charge in [0, 0.05) is 12.0 Å². The van der Waals surface area contributed by atoms with Gasteiger partial charge in [-0.3, -0.25) is 0 Å². The predicted molar refractivity (Wildman–Crippen MR) is 64.9 cm³/mol. The van der Waals surface area contributed by atoms with E-state index < -0.39 is 0 Å². The Morgan fingerprint density at radius 3 is 2.59 bits per heavy atom. The summed E-state index contributed by atoms with van der Waals surface area (Å²) in [6.07, 6.45) is 0.718. The van der Waals surface area contributed by atoms with Gasteiger partial charge in [0.2, 0.25) is 0 Å². The SMILES string of the molecule is Cc1cc(-c2ccc(CCN)nn2)ccc1F. The minimum Gasteiger partial charge on any atom is -0.330 e. The molecule has 1 heterocycles. The molecular formula is C13H14FN3. The maximum atomic E-state index is 13.1. The molecular weight excluding hydrogens is 217 g/mol. The van der Waals surface area contributed by atoms with Crippen molar-refractivity contribution in [1.82, 2.24) is 10.2 Å². The number of hydrogen-bond acceptors (Lipinski definition) is 3. The summed E-state index contributed by atoms with van der Waals surface area (Å²) in [5.74, 6) is -0.207. The van der Waals surface area contributed by atoms with E-state index in [-0.39, 0.29) is 5.82 Å². The molecule has 2 N–H and O–H groups in total. The molecule has 0 saturated heterocycles. The van der Waals surface area contributed by atoms with Crippen molar-refractivity contribution in [1.29, 1.82) is 0 Å². The van der Waals surface area contributed by atoms with Crippen LogP contribution in [0.3, 0.4) is 0 Å². The normalized spacial score (nSPS) is 10.5. The lowest BCUT2D eigenvalue weighted by molar-refractivity contribution is 0.618. The van der Waals surface area contributed by atoms with Crippen molar-refractivity contribution in [2.24, 2.45) is 5.73 Å². The first kappa shape index (κ1) is 11.7. The third kappa shape index (κ3) is 2.65. The molecule has 0 unspecified atom stereocenters. The van der Waals surface area contributed by atoms with Crippen LogP contribution in [0.4, 0.5) is 4.39 Å². The van der Waals surface area contributed by atoms with Crippen molar-refractivity contribution in [3.05, 3.63) is 47.4 Å². The highest BCUT2D eigenvalue weighted by Crippen LogP contribution is 2.19. The first-order valence-electron chi connectivity index (χ1n) is 5.50. The summed E-state index contributed by atoms with van der Waals surface area (Å²) in [5, 5.41) is 8.18. The maximum absolute atomic E-state index is 13.1. The second-order valence-electron chi connectivity index (χ2n) is 3.91. The average Bonchev–Trinajstić information content (AvgIpc) is 2.34. The summed E-state index contributed by atoms with van der Waals surface area (Å²) in [5.41, 5.74) is 8.53. The Kier molecular flexibility index (Phi) is 3.44. The van der Waals surface area contributed by atoms with Gasteiger partial charge in [0.25, 0.3) is 0 Å². The summed E-state index contributed by atoms with van der Waals surface area (Å²) < 4.78 is 13.1. The summed E-state index contributed by atoms with van der Waals surface area (Å²) >= 11 is 0. The van der Waals surface area contributed by atoms with Crippen molar-refractivity contribution in [2.75, 3.05) is 6.54 Å². The van der Waals surface area contributed by atoms with Gasteiger partial charge in [0.1, 0.15) is 5.82 Å². The van der Waals surface area contributed by atoms with Crippen LogP contribution >= 0.6 is 0 Å². The summed E-state index contributed by atoms with van der Waals surface area (Å²) in [7, 11) is 0. The molecule has 0 saturated carbocycles.